The van der Waals surface area contributed by atoms with Crippen LogP contribution in [0.5, 0.6) is 0 Å². The number of carbonyl (C=O) groups is 1. The largest absolute Gasteiger partial charge is 0.411 e. The molecule has 0 radical (unpaired) electrons. The quantitative estimate of drug-likeness (QED) is 0.860. The molecular formula is C15H19N3O2S. The number of rotatable bonds is 5. The van der Waals surface area contributed by atoms with Crippen molar-refractivity contribution in [2.75, 3.05) is 5.75 Å². The highest BCUT2D eigenvalue weighted by Crippen LogP contribution is 2.24. The smallest absolute Gasteiger partial charge is 0.277 e. The molecule has 0 aliphatic heterocycles. The molecule has 0 atom stereocenters. The molecule has 0 fully saturated rings. The minimum Gasteiger partial charge on any atom is -0.411 e. The van der Waals surface area contributed by atoms with Gasteiger partial charge in [-0.25, -0.2) is 0 Å². The van der Waals surface area contributed by atoms with Crippen LogP contribution in [0.2, 0.25) is 0 Å². The number of hydrogen-bond donors (Lipinski definition) is 1. The molecule has 2 aromatic rings. The fraction of sp³-hybridized carbons (Fsp3) is 0.400. The van der Waals surface area contributed by atoms with Gasteiger partial charge < -0.3 is 9.73 Å². The Morgan fingerprint density at radius 3 is 2.52 bits per heavy atom. The summed E-state index contributed by atoms with van der Waals surface area (Å²) in [7, 11) is 0. The summed E-state index contributed by atoms with van der Waals surface area (Å²) in [6.45, 7) is 7.90. The molecule has 1 aromatic heterocycles. The SMILES string of the molecule is Cc1cc(C)cc(-c2nnc(SCC(=O)NC(C)C)o2)c1. The van der Waals surface area contributed by atoms with Gasteiger partial charge in [-0.05, 0) is 39.8 Å². The average Bonchev–Trinajstić information content (AvgIpc) is 2.83. The highest BCUT2D eigenvalue weighted by molar-refractivity contribution is 7.99. The third-order valence-corrected chi connectivity index (χ3v) is 3.47. The zero-order valence-electron chi connectivity index (χ0n) is 12.6. The lowest BCUT2D eigenvalue weighted by atomic mass is 10.1. The Morgan fingerprint density at radius 2 is 1.90 bits per heavy atom. The first-order chi connectivity index (χ1) is 9.94. The molecule has 0 saturated heterocycles. The molecule has 21 heavy (non-hydrogen) atoms. The lowest BCUT2D eigenvalue weighted by Crippen LogP contribution is -2.31. The first kappa shape index (κ1) is 15.6. The number of hydrogen-bond acceptors (Lipinski definition) is 5. The van der Waals surface area contributed by atoms with Crippen molar-refractivity contribution in [3.05, 3.63) is 29.3 Å². The molecule has 0 bridgehead atoms. The molecule has 1 aromatic carbocycles. The summed E-state index contributed by atoms with van der Waals surface area (Å²) in [5.41, 5.74) is 3.20. The predicted octanol–water partition coefficient (Wildman–Crippen LogP) is 2.97. The van der Waals surface area contributed by atoms with E-state index < -0.39 is 0 Å². The third kappa shape index (κ3) is 4.60. The van der Waals surface area contributed by atoms with Gasteiger partial charge in [-0.1, -0.05) is 29.0 Å². The second-order valence-corrected chi connectivity index (χ2v) is 6.19. The maximum atomic E-state index is 11.6. The molecule has 5 nitrogen and oxygen atoms in total. The van der Waals surface area contributed by atoms with Gasteiger partial charge in [-0.15, -0.1) is 10.2 Å². The molecule has 1 heterocycles. The molecular weight excluding hydrogens is 286 g/mol. The number of nitrogens with zero attached hydrogens (tertiary/aromatic N) is 2. The van der Waals surface area contributed by atoms with Gasteiger partial charge in [0.1, 0.15) is 0 Å². The Hall–Kier alpha value is -1.82. The van der Waals surface area contributed by atoms with E-state index in [-0.39, 0.29) is 17.7 Å². The minimum absolute atomic E-state index is 0.0406. The lowest BCUT2D eigenvalue weighted by molar-refractivity contribution is -0.119. The van der Waals surface area contributed by atoms with E-state index in [0.717, 1.165) is 16.7 Å². The highest BCUT2D eigenvalue weighted by atomic mass is 32.2. The maximum Gasteiger partial charge on any atom is 0.277 e. The molecule has 0 spiro atoms. The number of amides is 1. The van der Waals surface area contributed by atoms with E-state index in [0.29, 0.717) is 11.1 Å². The van der Waals surface area contributed by atoms with Crippen LogP contribution < -0.4 is 5.32 Å². The average molecular weight is 305 g/mol. The van der Waals surface area contributed by atoms with Crippen molar-refractivity contribution in [1.82, 2.24) is 15.5 Å². The fourth-order valence-electron chi connectivity index (χ4n) is 1.97. The van der Waals surface area contributed by atoms with E-state index in [4.69, 9.17) is 4.42 Å². The van der Waals surface area contributed by atoms with Crippen LogP contribution in [-0.2, 0) is 4.79 Å². The summed E-state index contributed by atoms with van der Waals surface area (Å²) in [6, 6.07) is 6.22. The monoisotopic (exact) mass is 305 g/mol. The van der Waals surface area contributed by atoms with Crippen LogP contribution in [0.3, 0.4) is 0 Å². The van der Waals surface area contributed by atoms with Crippen LogP contribution in [0, 0.1) is 13.8 Å². The first-order valence-corrected chi connectivity index (χ1v) is 7.77. The molecule has 0 aliphatic carbocycles. The molecule has 0 saturated carbocycles. The Balaban J connectivity index is 2.03. The maximum absolute atomic E-state index is 11.6. The molecule has 2 rings (SSSR count). The van der Waals surface area contributed by atoms with Crippen molar-refractivity contribution in [2.24, 2.45) is 0 Å². The van der Waals surface area contributed by atoms with Crippen LogP contribution in [0.15, 0.2) is 27.8 Å². The summed E-state index contributed by atoms with van der Waals surface area (Å²) in [5.74, 6) is 0.710. The molecule has 0 aliphatic rings. The van der Waals surface area contributed by atoms with Crippen LogP contribution in [-0.4, -0.2) is 27.9 Å². The Kier molecular flexibility index (Phi) is 5.01. The Morgan fingerprint density at radius 1 is 1.24 bits per heavy atom. The van der Waals surface area contributed by atoms with Gasteiger partial charge in [0.2, 0.25) is 11.8 Å². The molecule has 1 N–H and O–H groups in total. The van der Waals surface area contributed by atoms with E-state index in [1.54, 1.807) is 0 Å². The van der Waals surface area contributed by atoms with Crippen molar-refractivity contribution < 1.29 is 9.21 Å². The van der Waals surface area contributed by atoms with Crippen LogP contribution in [0.1, 0.15) is 25.0 Å². The van der Waals surface area contributed by atoms with Gasteiger partial charge in [0.05, 0.1) is 5.75 Å². The van der Waals surface area contributed by atoms with E-state index >= 15 is 0 Å². The minimum atomic E-state index is -0.0406. The molecule has 112 valence electrons. The van der Waals surface area contributed by atoms with Crippen LogP contribution in [0.4, 0.5) is 0 Å². The number of carbonyl (C=O) groups excluding carboxylic acids is 1. The van der Waals surface area contributed by atoms with Gasteiger partial charge in [-0.2, -0.15) is 0 Å². The van der Waals surface area contributed by atoms with E-state index in [9.17, 15) is 4.79 Å². The highest BCUT2D eigenvalue weighted by Gasteiger charge is 2.12. The van der Waals surface area contributed by atoms with E-state index in [1.807, 2.05) is 39.8 Å². The van der Waals surface area contributed by atoms with Crippen molar-refractivity contribution in [3.8, 4) is 11.5 Å². The topological polar surface area (TPSA) is 68.0 Å². The van der Waals surface area contributed by atoms with Crippen molar-refractivity contribution in [1.29, 1.82) is 0 Å². The number of benzene rings is 1. The summed E-state index contributed by atoms with van der Waals surface area (Å²) >= 11 is 1.24. The number of aromatic nitrogens is 2. The van der Waals surface area contributed by atoms with Crippen LogP contribution in [0.25, 0.3) is 11.5 Å². The summed E-state index contributed by atoms with van der Waals surface area (Å²) in [5, 5.41) is 11.2. The molecule has 0 unspecified atom stereocenters. The second kappa shape index (κ2) is 6.76. The summed E-state index contributed by atoms with van der Waals surface area (Å²) in [4.78, 5) is 11.6. The van der Waals surface area contributed by atoms with Crippen molar-refractivity contribution >= 4 is 17.7 Å². The Labute approximate surface area is 128 Å². The van der Waals surface area contributed by atoms with Crippen LogP contribution >= 0.6 is 11.8 Å². The number of nitrogens with one attached hydrogen (secondary N) is 1. The van der Waals surface area contributed by atoms with Crippen molar-refractivity contribution in [3.63, 3.8) is 0 Å². The van der Waals surface area contributed by atoms with Crippen molar-refractivity contribution in [2.45, 2.75) is 39.0 Å². The fourth-order valence-corrected chi connectivity index (χ4v) is 2.55. The number of thioether (sulfide) groups is 1. The van der Waals surface area contributed by atoms with Gasteiger partial charge in [0, 0.05) is 11.6 Å². The van der Waals surface area contributed by atoms with E-state index in [1.165, 1.54) is 11.8 Å². The van der Waals surface area contributed by atoms with Gasteiger partial charge in [0.15, 0.2) is 0 Å². The molecule has 1 amide bonds. The lowest BCUT2D eigenvalue weighted by Gasteiger charge is -2.06. The van der Waals surface area contributed by atoms with Gasteiger partial charge in [0.25, 0.3) is 5.22 Å². The van der Waals surface area contributed by atoms with Gasteiger partial charge in [-0.3, -0.25) is 4.79 Å². The summed E-state index contributed by atoms with van der Waals surface area (Å²) < 4.78 is 5.60. The summed E-state index contributed by atoms with van der Waals surface area (Å²) in [6.07, 6.45) is 0. The zero-order valence-corrected chi connectivity index (χ0v) is 13.5. The standard InChI is InChI=1S/C15H19N3O2S/c1-9(2)16-13(19)8-21-15-18-17-14(20-15)12-6-10(3)5-11(4)7-12/h5-7,9H,8H2,1-4H3,(H,16,19). The predicted molar refractivity (Wildman–Crippen MR) is 83.2 cm³/mol. The molecule has 6 heteroatoms. The second-order valence-electron chi connectivity index (χ2n) is 5.26. The third-order valence-electron chi connectivity index (χ3n) is 2.65. The zero-order chi connectivity index (χ0) is 15.4. The van der Waals surface area contributed by atoms with E-state index in [2.05, 4.69) is 21.6 Å². The Bertz CT molecular complexity index is 617. The normalized spacial score (nSPS) is 10.9. The van der Waals surface area contributed by atoms with Gasteiger partial charge >= 0.3 is 0 Å². The number of aryl methyl sites for hydroxylation is 2. The first-order valence-electron chi connectivity index (χ1n) is 6.78.